The van der Waals surface area contributed by atoms with Gasteiger partial charge in [0, 0.05) is 20.1 Å². The first-order valence-electron chi connectivity index (χ1n) is 12.3. The Hall–Kier alpha value is -3.23. The van der Waals surface area contributed by atoms with Crippen molar-refractivity contribution in [1.29, 1.82) is 0 Å². The van der Waals surface area contributed by atoms with Gasteiger partial charge in [0.25, 0.3) is 0 Å². The zero-order valence-electron chi connectivity index (χ0n) is 23.1. The second kappa shape index (κ2) is 14.9. The topological polar surface area (TPSA) is 94.5 Å². The second-order valence-corrected chi connectivity index (χ2v) is 9.01. The highest BCUT2D eigenvalue weighted by atomic mass is 19.4. The van der Waals surface area contributed by atoms with Gasteiger partial charge in [0.15, 0.2) is 6.10 Å². The maximum Gasteiger partial charge on any atom is 0.460 e. The van der Waals surface area contributed by atoms with Crippen molar-refractivity contribution < 1.29 is 90.7 Å². The van der Waals surface area contributed by atoms with Crippen LogP contribution < -0.4 is 4.74 Å². The van der Waals surface area contributed by atoms with Crippen molar-refractivity contribution >= 4 is 12.1 Å². The van der Waals surface area contributed by atoms with Gasteiger partial charge in [-0.15, -0.1) is 0 Å². The molecule has 0 fully saturated rings. The maximum absolute atomic E-state index is 14.5. The number of methoxy groups -OCH3 is 1. The Labute approximate surface area is 245 Å². The number of ether oxygens (including phenoxy) is 4. The molecule has 0 radical (unpaired) electrons. The Bertz CT molecular complexity index is 1120. The van der Waals surface area contributed by atoms with Crippen molar-refractivity contribution in [2.24, 2.45) is 0 Å². The number of hydrogen-bond acceptors (Lipinski definition) is 6. The Morgan fingerprint density at radius 1 is 0.800 bits per heavy atom. The van der Waals surface area contributed by atoms with Gasteiger partial charge >= 0.3 is 47.9 Å². The molecular weight excluding hydrogens is 661 g/mol. The summed E-state index contributed by atoms with van der Waals surface area (Å²) in [7, 11) is 1.07. The summed E-state index contributed by atoms with van der Waals surface area (Å²) in [5, 5.41) is 9.13. The van der Waals surface area contributed by atoms with Gasteiger partial charge in [-0.2, -0.15) is 57.1 Å². The van der Waals surface area contributed by atoms with Crippen LogP contribution in [0.15, 0.2) is 24.3 Å². The number of benzene rings is 1. The van der Waals surface area contributed by atoms with E-state index in [2.05, 4.69) is 9.47 Å². The highest BCUT2D eigenvalue weighted by molar-refractivity contribution is 5.72. The summed E-state index contributed by atoms with van der Waals surface area (Å²) in [4.78, 5) is 22.9. The third-order valence-electron chi connectivity index (χ3n) is 5.78. The zero-order valence-corrected chi connectivity index (χ0v) is 23.1. The van der Waals surface area contributed by atoms with Crippen molar-refractivity contribution in [3.05, 3.63) is 29.8 Å². The average Bonchev–Trinajstić information content (AvgIpc) is 2.92. The number of alkyl halides is 13. The minimum absolute atomic E-state index is 0.0770. The number of carbonyl (C=O) groups is 2. The van der Waals surface area contributed by atoms with Crippen molar-refractivity contribution in [2.45, 2.75) is 55.2 Å². The number of carbonyl (C=O) groups excluding carboxylic acids is 1. The molecule has 260 valence electrons. The molecule has 8 nitrogen and oxygen atoms in total. The van der Waals surface area contributed by atoms with Crippen LogP contribution in [-0.2, 0) is 25.4 Å². The number of carboxylic acids is 1. The Morgan fingerprint density at radius 2 is 1.33 bits per heavy atom. The molecule has 0 saturated heterocycles. The molecule has 0 bridgehead atoms. The molecule has 1 rings (SSSR count). The quantitative estimate of drug-likeness (QED) is 0.151. The van der Waals surface area contributed by atoms with E-state index in [0.717, 1.165) is 7.11 Å². The van der Waals surface area contributed by atoms with Crippen LogP contribution >= 0.6 is 0 Å². The van der Waals surface area contributed by atoms with E-state index in [4.69, 9.17) is 14.6 Å². The largest absolute Gasteiger partial charge is 0.492 e. The van der Waals surface area contributed by atoms with E-state index in [1.807, 2.05) is 0 Å². The first kappa shape index (κ1) is 39.8. The lowest BCUT2D eigenvalue weighted by atomic mass is 9.93. The lowest BCUT2D eigenvalue weighted by Crippen LogP contribution is -2.71. The number of nitrogens with zero attached hydrogens (tertiary/aromatic N) is 1. The van der Waals surface area contributed by atoms with Gasteiger partial charge < -0.3 is 24.1 Å². The zero-order chi connectivity index (χ0) is 35.1. The van der Waals surface area contributed by atoms with Gasteiger partial charge in [0.05, 0.1) is 19.7 Å². The summed E-state index contributed by atoms with van der Waals surface area (Å²) < 4.78 is 194. The maximum atomic E-state index is 14.5. The molecule has 0 aromatic heterocycles. The van der Waals surface area contributed by atoms with Crippen molar-refractivity contribution in [3.63, 3.8) is 0 Å². The SMILES string of the molecule is CCOC(Cc1ccc(OCCN(CC(F)(F)C(F)(F)C(F)(F)C(F)(F)C(F)(F)C(F)(F)F)C(=O)OCCOC)cc1)C(=O)O. The van der Waals surface area contributed by atoms with Crippen LogP contribution in [-0.4, -0.2) is 111 Å². The Kier molecular flexibility index (Phi) is 13.2. The predicted octanol–water partition coefficient (Wildman–Crippen LogP) is 5.92. The van der Waals surface area contributed by atoms with Gasteiger partial charge in [-0.1, -0.05) is 12.1 Å². The molecule has 1 aromatic carbocycles. The van der Waals surface area contributed by atoms with E-state index in [-0.39, 0.29) is 18.8 Å². The van der Waals surface area contributed by atoms with E-state index < -0.39 is 91.8 Å². The summed E-state index contributed by atoms with van der Waals surface area (Å²) in [6, 6.07) is 5.06. The fourth-order valence-electron chi connectivity index (χ4n) is 3.31. The van der Waals surface area contributed by atoms with Gasteiger partial charge in [-0.3, -0.25) is 4.90 Å². The van der Waals surface area contributed by atoms with E-state index in [1.165, 1.54) is 24.3 Å². The summed E-state index contributed by atoms with van der Waals surface area (Å²) in [5.74, 6) is -39.5. The minimum Gasteiger partial charge on any atom is -0.492 e. The molecule has 0 aliphatic rings. The van der Waals surface area contributed by atoms with Crippen molar-refractivity contribution in [1.82, 2.24) is 4.90 Å². The molecule has 0 spiro atoms. The molecule has 0 saturated carbocycles. The molecular formula is C24H26F13NO7. The van der Waals surface area contributed by atoms with Crippen molar-refractivity contribution in [3.8, 4) is 5.75 Å². The Balaban J connectivity index is 3.19. The van der Waals surface area contributed by atoms with Gasteiger partial charge in [-0.05, 0) is 24.6 Å². The molecule has 1 N–H and O–H groups in total. The summed E-state index contributed by atoms with van der Waals surface area (Å²) in [6.07, 6.45) is -10.8. The third kappa shape index (κ3) is 8.95. The second-order valence-electron chi connectivity index (χ2n) is 9.01. The van der Waals surface area contributed by atoms with Crippen LogP contribution in [0.4, 0.5) is 61.9 Å². The monoisotopic (exact) mass is 687 g/mol. The molecule has 0 heterocycles. The van der Waals surface area contributed by atoms with Crippen molar-refractivity contribution in [2.75, 3.05) is 46.6 Å². The molecule has 1 aromatic rings. The molecule has 1 atom stereocenters. The smallest absolute Gasteiger partial charge is 0.460 e. The molecule has 0 aliphatic carbocycles. The summed E-state index contributed by atoms with van der Waals surface area (Å²) in [5.41, 5.74) is 0.405. The lowest BCUT2D eigenvalue weighted by Gasteiger charge is -2.40. The first-order chi connectivity index (χ1) is 20.4. The molecule has 0 aliphatic heterocycles. The summed E-state index contributed by atoms with van der Waals surface area (Å²) >= 11 is 0. The van der Waals surface area contributed by atoms with Crippen LogP contribution in [0.3, 0.4) is 0 Å². The van der Waals surface area contributed by atoms with Crippen LogP contribution in [0.25, 0.3) is 0 Å². The standard InChI is InChI=1S/C24H26F13NO7/c1-3-43-16(17(39)40)12-14-4-6-15(7-5-14)44-9-8-38(18(41)45-11-10-42-2)13-19(25,26)20(27,28)21(29,30)22(31,32)23(33,34)24(35,36)37/h4-7,16H,3,8-13H2,1-2H3,(H,39,40). The third-order valence-corrected chi connectivity index (χ3v) is 5.78. The molecule has 1 unspecified atom stereocenters. The summed E-state index contributed by atoms with van der Waals surface area (Å²) in [6.45, 7) is -4.62. The predicted molar refractivity (Wildman–Crippen MR) is 124 cm³/mol. The molecule has 21 heteroatoms. The number of amides is 1. The molecule has 1 amide bonds. The van der Waals surface area contributed by atoms with Gasteiger partial charge in [-0.25, -0.2) is 9.59 Å². The normalized spacial score (nSPS) is 14.2. The van der Waals surface area contributed by atoms with Crippen LogP contribution in [0, 0.1) is 0 Å². The highest BCUT2D eigenvalue weighted by Gasteiger charge is 2.90. The number of hydrogen-bond donors (Lipinski definition) is 1. The van der Waals surface area contributed by atoms with E-state index in [0.29, 0.717) is 5.56 Å². The lowest BCUT2D eigenvalue weighted by molar-refractivity contribution is -0.440. The minimum atomic E-state index is -8.09. The van der Waals surface area contributed by atoms with E-state index >= 15 is 0 Å². The van der Waals surface area contributed by atoms with Crippen LogP contribution in [0.1, 0.15) is 12.5 Å². The van der Waals surface area contributed by atoms with Crippen LogP contribution in [0.2, 0.25) is 0 Å². The first-order valence-corrected chi connectivity index (χ1v) is 12.3. The van der Waals surface area contributed by atoms with Crippen LogP contribution in [0.5, 0.6) is 5.75 Å². The number of rotatable bonds is 18. The van der Waals surface area contributed by atoms with E-state index in [9.17, 15) is 66.7 Å². The molecule has 45 heavy (non-hydrogen) atoms. The fourth-order valence-corrected chi connectivity index (χ4v) is 3.31. The fraction of sp³-hybridized carbons (Fsp3) is 0.667. The van der Waals surface area contributed by atoms with Gasteiger partial charge in [0.2, 0.25) is 0 Å². The number of aliphatic carboxylic acids is 1. The van der Waals surface area contributed by atoms with Gasteiger partial charge in [0.1, 0.15) is 19.0 Å². The number of carboxylic acid groups (broad SMARTS) is 1. The highest BCUT2D eigenvalue weighted by Crippen LogP contribution is 2.60. The Morgan fingerprint density at radius 3 is 1.80 bits per heavy atom. The average molecular weight is 687 g/mol. The van der Waals surface area contributed by atoms with E-state index in [1.54, 1.807) is 6.92 Å². The number of halogens is 13.